The summed E-state index contributed by atoms with van der Waals surface area (Å²) < 4.78 is 4.95. The summed E-state index contributed by atoms with van der Waals surface area (Å²) in [6.45, 7) is 1.93. The first-order valence-corrected chi connectivity index (χ1v) is 3.66. The number of aromatic nitrogens is 1. The van der Waals surface area contributed by atoms with Crippen LogP contribution in [0.25, 0.3) is 11.0 Å². The fourth-order valence-electron chi connectivity index (χ4n) is 0.990. The summed E-state index contributed by atoms with van der Waals surface area (Å²) in [6.07, 6.45) is 1.65. The normalized spacial score (nSPS) is 10.7. The van der Waals surface area contributed by atoms with Crippen molar-refractivity contribution in [3.05, 3.63) is 28.9 Å². The van der Waals surface area contributed by atoms with E-state index in [-0.39, 0.29) is 0 Å². The van der Waals surface area contributed by atoms with Crippen LogP contribution in [-0.4, -0.2) is 5.16 Å². The Morgan fingerprint density at radius 3 is 3.09 bits per heavy atom. The molecule has 0 aliphatic rings. The van der Waals surface area contributed by atoms with Crippen LogP contribution in [0.2, 0.25) is 5.02 Å². The molecule has 1 aromatic carbocycles. The van der Waals surface area contributed by atoms with Crippen molar-refractivity contribution in [3.8, 4) is 0 Å². The predicted octanol–water partition coefficient (Wildman–Crippen LogP) is 2.79. The van der Waals surface area contributed by atoms with Gasteiger partial charge in [-0.15, -0.1) is 0 Å². The zero-order chi connectivity index (χ0) is 7.84. The average molecular weight is 168 g/mol. The Hall–Kier alpha value is -1.02. The largest absolute Gasteiger partial charge is 0.356 e. The fraction of sp³-hybridized carbons (Fsp3) is 0.125. The molecule has 0 N–H and O–H groups in total. The lowest BCUT2D eigenvalue weighted by atomic mass is 10.2. The third-order valence-electron chi connectivity index (χ3n) is 1.63. The minimum Gasteiger partial charge on any atom is -0.356 e. The van der Waals surface area contributed by atoms with E-state index < -0.39 is 0 Å². The maximum absolute atomic E-state index is 5.88. The van der Waals surface area contributed by atoms with Crippen molar-refractivity contribution in [2.75, 3.05) is 0 Å². The molecule has 0 aliphatic heterocycles. The van der Waals surface area contributed by atoms with E-state index in [0.29, 0.717) is 0 Å². The molecule has 1 heterocycles. The highest BCUT2D eigenvalue weighted by atomic mass is 35.5. The van der Waals surface area contributed by atoms with Crippen LogP contribution in [0.4, 0.5) is 0 Å². The molecule has 11 heavy (non-hydrogen) atoms. The van der Waals surface area contributed by atoms with Crippen LogP contribution in [-0.2, 0) is 0 Å². The third kappa shape index (κ3) is 0.994. The van der Waals surface area contributed by atoms with E-state index in [1.54, 1.807) is 6.20 Å². The van der Waals surface area contributed by atoms with Gasteiger partial charge in [0.05, 0.1) is 6.20 Å². The van der Waals surface area contributed by atoms with Crippen LogP contribution < -0.4 is 0 Å². The van der Waals surface area contributed by atoms with Gasteiger partial charge in [0.15, 0.2) is 5.58 Å². The van der Waals surface area contributed by atoms with Crippen LogP contribution >= 0.6 is 11.6 Å². The fourth-order valence-corrected chi connectivity index (χ4v) is 1.16. The lowest BCUT2D eigenvalue weighted by Gasteiger charge is -1.93. The predicted molar refractivity (Wildman–Crippen MR) is 43.8 cm³/mol. The summed E-state index contributed by atoms with van der Waals surface area (Å²) in [5, 5.41) is 5.35. The van der Waals surface area contributed by atoms with Gasteiger partial charge in [-0.1, -0.05) is 16.8 Å². The van der Waals surface area contributed by atoms with E-state index in [2.05, 4.69) is 5.16 Å². The summed E-state index contributed by atoms with van der Waals surface area (Å²) in [5.41, 5.74) is 1.79. The number of benzene rings is 1. The van der Waals surface area contributed by atoms with E-state index in [1.807, 2.05) is 19.1 Å². The number of hydrogen-bond acceptors (Lipinski definition) is 2. The number of aryl methyl sites for hydroxylation is 1. The van der Waals surface area contributed by atoms with E-state index in [0.717, 1.165) is 21.6 Å². The van der Waals surface area contributed by atoms with Crippen LogP contribution in [0, 0.1) is 6.92 Å². The molecule has 0 spiro atoms. The molecule has 0 unspecified atom stereocenters. The SMILES string of the molecule is Cc1cc2oncc2cc1Cl. The minimum absolute atomic E-state index is 0.751. The summed E-state index contributed by atoms with van der Waals surface area (Å²) in [7, 11) is 0. The van der Waals surface area contributed by atoms with E-state index in [1.165, 1.54) is 0 Å². The van der Waals surface area contributed by atoms with E-state index >= 15 is 0 Å². The molecular formula is C8H6ClNO. The van der Waals surface area contributed by atoms with Crippen LogP contribution in [0.15, 0.2) is 22.9 Å². The Bertz CT molecular complexity index is 358. The number of halogens is 1. The quantitative estimate of drug-likeness (QED) is 0.603. The van der Waals surface area contributed by atoms with Gasteiger partial charge in [-0.2, -0.15) is 0 Å². The number of rotatable bonds is 0. The van der Waals surface area contributed by atoms with E-state index in [4.69, 9.17) is 16.1 Å². The second kappa shape index (κ2) is 2.24. The number of nitrogens with zero attached hydrogens (tertiary/aromatic N) is 1. The van der Waals surface area contributed by atoms with Crippen molar-refractivity contribution in [1.82, 2.24) is 5.16 Å². The first-order chi connectivity index (χ1) is 5.27. The maximum Gasteiger partial charge on any atom is 0.167 e. The van der Waals surface area contributed by atoms with E-state index in [9.17, 15) is 0 Å². The Kier molecular flexibility index (Phi) is 1.36. The second-order valence-electron chi connectivity index (χ2n) is 2.47. The Morgan fingerprint density at radius 2 is 2.27 bits per heavy atom. The summed E-state index contributed by atoms with van der Waals surface area (Å²) in [4.78, 5) is 0. The van der Waals surface area contributed by atoms with Crippen molar-refractivity contribution >= 4 is 22.6 Å². The second-order valence-corrected chi connectivity index (χ2v) is 2.87. The molecule has 2 rings (SSSR count). The molecule has 1 aromatic heterocycles. The molecule has 0 saturated heterocycles. The first-order valence-electron chi connectivity index (χ1n) is 3.28. The summed E-state index contributed by atoms with van der Waals surface area (Å²) in [6, 6.07) is 3.73. The molecule has 3 heteroatoms. The standard InChI is InChI=1S/C8H6ClNO/c1-5-2-8-6(3-7(5)9)4-10-11-8/h2-4H,1H3. The van der Waals surface area contributed by atoms with Crippen molar-refractivity contribution in [1.29, 1.82) is 0 Å². The van der Waals surface area contributed by atoms with Crippen molar-refractivity contribution < 1.29 is 4.52 Å². The molecule has 0 atom stereocenters. The molecule has 56 valence electrons. The highest BCUT2D eigenvalue weighted by Crippen LogP contribution is 2.22. The molecule has 0 saturated carbocycles. The highest BCUT2D eigenvalue weighted by molar-refractivity contribution is 6.32. The maximum atomic E-state index is 5.88. The van der Waals surface area contributed by atoms with Crippen molar-refractivity contribution in [2.24, 2.45) is 0 Å². The molecule has 0 aliphatic carbocycles. The first kappa shape index (κ1) is 6.68. The molecule has 2 nitrogen and oxygen atoms in total. The molecule has 0 bridgehead atoms. The van der Waals surface area contributed by atoms with Gasteiger partial charge in [0.2, 0.25) is 0 Å². The Morgan fingerprint density at radius 1 is 1.45 bits per heavy atom. The molecule has 0 fully saturated rings. The zero-order valence-electron chi connectivity index (χ0n) is 5.97. The Labute approximate surface area is 68.7 Å². The van der Waals surface area contributed by atoms with Gasteiger partial charge in [-0.25, -0.2) is 0 Å². The number of hydrogen-bond donors (Lipinski definition) is 0. The van der Waals surface area contributed by atoms with Gasteiger partial charge in [0.25, 0.3) is 0 Å². The van der Waals surface area contributed by atoms with Gasteiger partial charge < -0.3 is 4.52 Å². The smallest absolute Gasteiger partial charge is 0.167 e. The van der Waals surface area contributed by atoms with Gasteiger partial charge in [0, 0.05) is 10.4 Å². The Balaban J connectivity index is 2.86. The molecular weight excluding hydrogens is 162 g/mol. The van der Waals surface area contributed by atoms with Gasteiger partial charge in [-0.3, -0.25) is 0 Å². The summed E-state index contributed by atoms with van der Waals surface area (Å²) >= 11 is 5.88. The lowest BCUT2D eigenvalue weighted by Crippen LogP contribution is -1.72. The topological polar surface area (TPSA) is 26.0 Å². The molecule has 0 radical (unpaired) electrons. The monoisotopic (exact) mass is 167 g/mol. The average Bonchev–Trinajstić information content (AvgIpc) is 2.36. The van der Waals surface area contributed by atoms with Crippen molar-refractivity contribution in [3.63, 3.8) is 0 Å². The van der Waals surface area contributed by atoms with Gasteiger partial charge >= 0.3 is 0 Å². The lowest BCUT2D eigenvalue weighted by molar-refractivity contribution is 0.456. The van der Waals surface area contributed by atoms with Crippen molar-refractivity contribution in [2.45, 2.75) is 6.92 Å². The van der Waals surface area contributed by atoms with Crippen LogP contribution in [0.3, 0.4) is 0 Å². The number of fused-ring (bicyclic) bond motifs is 1. The van der Waals surface area contributed by atoms with Gasteiger partial charge in [-0.05, 0) is 24.6 Å². The molecule has 2 aromatic rings. The minimum atomic E-state index is 0.751. The van der Waals surface area contributed by atoms with Crippen LogP contribution in [0.5, 0.6) is 0 Å². The van der Waals surface area contributed by atoms with Gasteiger partial charge in [0.1, 0.15) is 0 Å². The molecule has 0 amide bonds. The zero-order valence-corrected chi connectivity index (χ0v) is 6.72. The summed E-state index contributed by atoms with van der Waals surface area (Å²) in [5.74, 6) is 0. The highest BCUT2D eigenvalue weighted by Gasteiger charge is 2.01. The third-order valence-corrected chi connectivity index (χ3v) is 2.04. The van der Waals surface area contributed by atoms with Crippen LogP contribution in [0.1, 0.15) is 5.56 Å².